The molecule has 0 unspecified atom stereocenters. The van der Waals surface area contributed by atoms with Crippen LogP contribution in [0.4, 0.5) is 24.5 Å². The third-order valence-electron chi connectivity index (χ3n) is 4.04. The van der Waals surface area contributed by atoms with Crippen molar-refractivity contribution in [3.8, 4) is 0 Å². The van der Waals surface area contributed by atoms with Gasteiger partial charge in [-0.3, -0.25) is 4.79 Å². The molecule has 1 heterocycles. The lowest BCUT2D eigenvalue weighted by Crippen LogP contribution is -2.36. The Hall–Kier alpha value is -2.25. The third kappa shape index (κ3) is 4.28. The lowest BCUT2D eigenvalue weighted by molar-refractivity contribution is -0.136. The maximum atomic E-state index is 13.1. The van der Waals surface area contributed by atoms with E-state index in [4.69, 9.17) is 16.3 Å². The lowest BCUT2D eigenvalue weighted by Gasteiger charge is -2.28. The van der Waals surface area contributed by atoms with Crippen LogP contribution in [0.1, 0.15) is 15.9 Å². The molecule has 26 heavy (non-hydrogen) atoms. The lowest BCUT2D eigenvalue weighted by atomic mass is 10.1. The van der Waals surface area contributed by atoms with Crippen molar-refractivity contribution >= 4 is 28.9 Å². The van der Waals surface area contributed by atoms with Gasteiger partial charge in [-0.1, -0.05) is 11.6 Å². The van der Waals surface area contributed by atoms with Crippen molar-refractivity contribution in [2.75, 3.05) is 36.5 Å². The molecular formula is C18H16ClF3N2O2. The monoisotopic (exact) mass is 384 g/mol. The van der Waals surface area contributed by atoms with Crippen LogP contribution in [0.2, 0.25) is 5.02 Å². The number of halogens is 4. The van der Waals surface area contributed by atoms with Crippen LogP contribution in [0.15, 0.2) is 42.5 Å². The summed E-state index contributed by atoms with van der Waals surface area (Å²) in [5.74, 6) is -0.619. The van der Waals surface area contributed by atoms with E-state index in [0.29, 0.717) is 13.2 Å². The van der Waals surface area contributed by atoms with Crippen LogP contribution in [0, 0.1) is 0 Å². The number of benzene rings is 2. The van der Waals surface area contributed by atoms with Gasteiger partial charge in [-0.2, -0.15) is 13.2 Å². The van der Waals surface area contributed by atoms with Gasteiger partial charge in [-0.15, -0.1) is 0 Å². The van der Waals surface area contributed by atoms with E-state index in [2.05, 4.69) is 10.2 Å². The molecule has 1 amide bonds. The summed E-state index contributed by atoms with van der Waals surface area (Å²) in [6, 6.07) is 9.95. The molecule has 0 saturated carbocycles. The first kappa shape index (κ1) is 18.5. The fraction of sp³-hybridized carbons (Fsp3) is 0.278. The van der Waals surface area contributed by atoms with E-state index in [9.17, 15) is 18.0 Å². The molecule has 0 aliphatic carbocycles. The van der Waals surface area contributed by atoms with Crippen molar-refractivity contribution in [3.63, 3.8) is 0 Å². The molecule has 1 aliphatic heterocycles. The zero-order chi connectivity index (χ0) is 18.7. The Labute approximate surface area is 153 Å². The van der Waals surface area contributed by atoms with Gasteiger partial charge in [0.2, 0.25) is 0 Å². The summed E-state index contributed by atoms with van der Waals surface area (Å²) in [5, 5.41) is 2.26. The maximum absolute atomic E-state index is 13.1. The highest BCUT2D eigenvalue weighted by Crippen LogP contribution is 2.36. The highest BCUT2D eigenvalue weighted by Gasteiger charge is 2.34. The van der Waals surface area contributed by atoms with Gasteiger partial charge in [-0.05, 0) is 42.5 Å². The molecule has 2 aromatic rings. The normalized spacial score (nSPS) is 15.0. The molecule has 1 fully saturated rings. The van der Waals surface area contributed by atoms with Crippen molar-refractivity contribution < 1.29 is 22.7 Å². The molecule has 1 aliphatic rings. The minimum atomic E-state index is -4.62. The Kier molecular flexibility index (Phi) is 5.38. The molecule has 8 heteroatoms. The Morgan fingerprint density at radius 3 is 2.35 bits per heavy atom. The summed E-state index contributed by atoms with van der Waals surface area (Å²) >= 11 is 5.64. The van der Waals surface area contributed by atoms with Crippen molar-refractivity contribution in [1.29, 1.82) is 0 Å². The molecule has 1 N–H and O–H groups in total. The first-order chi connectivity index (χ1) is 12.3. The summed E-state index contributed by atoms with van der Waals surface area (Å²) in [6.07, 6.45) is -4.62. The number of carbonyl (C=O) groups is 1. The second-order valence-corrected chi connectivity index (χ2v) is 6.22. The number of hydrogen-bond donors (Lipinski definition) is 1. The number of ether oxygens (including phenoxy) is 1. The van der Waals surface area contributed by atoms with Crippen molar-refractivity contribution in [2.24, 2.45) is 0 Å². The number of nitrogens with one attached hydrogen (secondary N) is 1. The smallest absolute Gasteiger partial charge is 0.378 e. The number of carbonyl (C=O) groups excluding carboxylic acids is 1. The fourth-order valence-corrected chi connectivity index (χ4v) is 2.87. The van der Waals surface area contributed by atoms with E-state index in [-0.39, 0.29) is 16.3 Å². The van der Waals surface area contributed by atoms with Gasteiger partial charge in [0.25, 0.3) is 5.91 Å². The van der Waals surface area contributed by atoms with Crippen molar-refractivity contribution in [3.05, 3.63) is 58.6 Å². The topological polar surface area (TPSA) is 41.6 Å². The maximum Gasteiger partial charge on any atom is 0.418 e. The van der Waals surface area contributed by atoms with E-state index in [0.717, 1.165) is 30.9 Å². The van der Waals surface area contributed by atoms with Gasteiger partial charge in [0.1, 0.15) is 0 Å². The SMILES string of the molecule is O=C(Nc1ccc(Cl)cc1C(F)(F)F)c1ccc(N2CCOCC2)cc1. The molecule has 0 atom stereocenters. The van der Waals surface area contributed by atoms with Crippen molar-refractivity contribution in [1.82, 2.24) is 0 Å². The summed E-state index contributed by atoms with van der Waals surface area (Å²) in [4.78, 5) is 14.4. The van der Waals surface area contributed by atoms with Crippen LogP contribution >= 0.6 is 11.6 Å². The highest BCUT2D eigenvalue weighted by atomic mass is 35.5. The summed E-state index contributed by atoms with van der Waals surface area (Å²) < 4.78 is 44.6. The second kappa shape index (κ2) is 7.55. The van der Waals surface area contributed by atoms with Gasteiger partial charge in [-0.25, -0.2) is 0 Å². The van der Waals surface area contributed by atoms with E-state index >= 15 is 0 Å². The largest absolute Gasteiger partial charge is 0.418 e. The minimum absolute atomic E-state index is 0.0508. The first-order valence-corrected chi connectivity index (χ1v) is 8.33. The van der Waals surface area contributed by atoms with Crippen LogP contribution in [0.25, 0.3) is 0 Å². The molecule has 3 rings (SSSR count). The Morgan fingerprint density at radius 1 is 1.08 bits per heavy atom. The summed E-state index contributed by atoms with van der Waals surface area (Å²) in [7, 11) is 0. The Morgan fingerprint density at radius 2 is 1.73 bits per heavy atom. The fourth-order valence-electron chi connectivity index (χ4n) is 2.70. The van der Waals surface area contributed by atoms with Gasteiger partial charge in [0.15, 0.2) is 0 Å². The summed E-state index contributed by atoms with van der Waals surface area (Å²) in [6.45, 7) is 2.79. The zero-order valence-corrected chi connectivity index (χ0v) is 14.4. The molecule has 1 saturated heterocycles. The number of hydrogen-bond acceptors (Lipinski definition) is 3. The number of alkyl halides is 3. The highest BCUT2D eigenvalue weighted by molar-refractivity contribution is 6.30. The van der Waals surface area contributed by atoms with Crippen LogP contribution < -0.4 is 10.2 Å². The van der Waals surface area contributed by atoms with E-state index in [1.807, 2.05) is 0 Å². The number of amides is 1. The van der Waals surface area contributed by atoms with Gasteiger partial charge >= 0.3 is 6.18 Å². The molecular weight excluding hydrogens is 369 g/mol. The third-order valence-corrected chi connectivity index (χ3v) is 4.28. The standard InChI is InChI=1S/C18H16ClF3N2O2/c19-13-3-6-16(15(11-13)18(20,21)22)23-17(25)12-1-4-14(5-2-12)24-7-9-26-10-8-24/h1-6,11H,7-10H2,(H,23,25). The van der Waals surface area contributed by atoms with Crippen LogP contribution in [-0.2, 0) is 10.9 Å². The Bertz CT molecular complexity index is 788. The van der Waals surface area contributed by atoms with E-state index < -0.39 is 17.6 Å². The molecule has 2 aromatic carbocycles. The number of anilines is 2. The molecule has 138 valence electrons. The second-order valence-electron chi connectivity index (χ2n) is 5.79. The molecule has 0 bridgehead atoms. The van der Waals surface area contributed by atoms with Gasteiger partial charge in [0.05, 0.1) is 24.5 Å². The molecule has 0 aromatic heterocycles. The minimum Gasteiger partial charge on any atom is -0.378 e. The average Bonchev–Trinajstić information content (AvgIpc) is 2.63. The van der Waals surface area contributed by atoms with Gasteiger partial charge < -0.3 is 15.0 Å². The number of rotatable bonds is 3. The average molecular weight is 385 g/mol. The van der Waals surface area contributed by atoms with Crippen molar-refractivity contribution in [2.45, 2.75) is 6.18 Å². The van der Waals surface area contributed by atoms with Crippen LogP contribution in [0.5, 0.6) is 0 Å². The molecule has 0 spiro atoms. The van der Waals surface area contributed by atoms with Gasteiger partial charge in [0, 0.05) is 29.4 Å². The molecule has 4 nitrogen and oxygen atoms in total. The predicted octanol–water partition coefficient (Wildman–Crippen LogP) is 4.45. The zero-order valence-electron chi connectivity index (χ0n) is 13.6. The molecule has 0 radical (unpaired) electrons. The van der Waals surface area contributed by atoms with Crippen LogP contribution in [-0.4, -0.2) is 32.2 Å². The first-order valence-electron chi connectivity index (χ1n) is 7.95. The van der Waals surface area contributed by atoms with E-state index in [1.54, 1.807) is 24.3 Å². The number of nitrogens with zero attached hydrogens (tertiary/aromatic N) is 1. The quantitative estimate of drug-likeness (QED) is 0.850. The van der Waals surface area contributed by atoms with E-state index in [1.165, 1.54) is 6.07 Å². The Balaban J connectivity index is 1.76. The van der Waals surface area contributed by atoms with Crippen LogP contribution in [0.3, 0.4) is 0 Å². The predicted molar refractivity (Wildman–Crippen MR) is 93.9 cm³/mol. The number of morpholine rings is 1. The summed E-state index contributed by atoms with van der Waals surface area (Å²) in [5.41, 5.74) is -0.107.